The minimum absolute atomic E-state index is 0.281. The molecule has 1 aromatic carbocycles. The summed E-state index contributed by atoms with van der Waals surface area (Å²) in [5.41, 5.74) is 8.46. The van der Waals surface area contributed by atoms with Crippen LogP contribution in [0.2, 0.25) is 0 Å². The van der Waals surface area contributed by atoms with E-state index in [2.05, 4.69) is 20.6 Å². The van der Waals surface area contributed by atoms with Gasteiger partial charge in [0.05, 0.1) is 10.2 Å². The fraction of sp³-hybridized carbons (Fsp3) is 0.0714. The van der Waals surface area contributed by atoms with Crippen LogP contribution in [0.5, 0.6) is 0 Å². The zero-order chi connectivity index (χ0) is 14.8. The van der Waals surface area contributed by atoms with Crippen LogP contribution < -0.4 is 16.4 Å². The van der Waals surface area contributed by atoms with Gasteiger partial charge >= 0.3 is 6.03 Å². The quantitative estimate of drug-likeness (QED) is 0.678. The van der Waals surface area contributed by atoms with Crippen molar-refractivity contribution in [2.24, 2.45) is 0 Å². The summed E-state index contributed by atoms with van der Waals surface area (Å²) < 4.78 is 0.996. The number of carbonyl (C=O) groups is 1. The number of aromatic nitrogens is 2. The van der Waals surface area contributed by atoms with Gasteiger partial charge in [-0.3, -0.25) is 5.32 Å². The summed E-state index contributed by atoms with van der Waals surface area (Å²) in [4.78, 5) is 19.8. The Kier molecular flexibility index (Phi) is 3.41. The Bertz CT molecular complexity index is 797. The summed E-state index contributed by atoms with van der Waals surface area (Å²) in [6, 6.07) is 9.33. The van der Waals surface area contributed by atoms with Gasteiger partial charge in [0.2, 0.25) is 0 Å². The van der Waals surface area contributed by atoms with E-state index in [4.69, 9.17) is 5.73 Å². The van der Waals surface area contributed by atoms with Crippen LogP contribution in [0.25, 0.3) is 21.3 Å². The minimum Gasteiger partial charge on any atom is -0.384 e. The molecule has 21 heavy (non-hydrogen) atoms. The highest BCUT2D eigenvalue weighted by atomic mass is 32.1. The van der Waals surface area contributed by atoms with E-state index in [0.717, 1.165) is 21.3 Å². The lowest BCUT2D eigenvalue weighted by Gasteiger charge is -2.01. The normalized spacial score (nSPS) is 10.5. The van der Waals surface area contributed by atoms with Gasteiger partial charge in [0.15, 0.2) is 5.13 Å². The van der Waals surface area contributed by atoms with Crippen molar-refractivity contribution in [2.75, 3.05) is 18.1 Å². The van der Waals surface area contributed by atoms with Gasteiger partial charge < -0.3 is 11.1 Å². The summed E-state index contributed by atoms with van der Waals surface area (Å²) in [5.74, 6) is 0.495. The van der Waals surface area contributed by atoms with Crippen LogP contribution in [0, 0.1) is 0 Å². The first kappa shape index (κ1) is 13.3. The molecule has 0 saturated carbocycles. The van der Waals surface area contributed by atoms with Crippen molar-refractivity contribution in [2.45, 2.75) is 0 Å². The summed E-state index contributed by atoms with van der Waals surface area (Å²) in [6.45, 7) is 0. The molecule has 3 aromatic rings. The summed E-state index contributed by atoms with van der Waals surface area (Å²) in [6.07, 6.45) is 1.74. The van der Waals surface area contributed by atoms with E-state index in [1.165, 1.54) is 11.3 Å². The second kappa shape index (κ2) is 5.37. The average molecular weight is 299 g/mol. The molecular weight excluding hydrogens is 286 g/mol. The Labute approximate surface area is 125 Å². The van der Waals surface area contributed by atoms with Crippen molar-refractivity contribution in [3.63, 3.8) is 0 Å². The average Bonchev–Trinajstić information content (AvgIpc) is 2.89. The van der Waals surface area contributed by atoms with Crippen LogP contribution in [-0.4, -0.2) is 23.0 Å². The number of hydrogen-bond donors (Lipinski definition) is 3. The second-order valence-electron chi connectivity index (χ2n) is 4.38. The number of nitrogens with zero attached hydrogens (tertiary/aromatic N) is 2. The van der Waals surface area contributed by atoms with Crippen LogP contribution in [0.1, 0.15) is 0 Å². The fourth-order valence-corrected chi connectivity index (χ4v) is 2.79. The molecule has 2 amide bonds. The van der Waals surface area contributed by atoms with Gasteiger partial charge in [0.1, 0.15) is 5.82 Å². The number of thiazole rings is 1. The zero-order valence-electron chi connectivity index (χ0n) is 11.3. The van der Waals surface area contributed by atoms with Crippen LogP contribution in [0.3, 0.4) is 0 Å². The molecule has 0 aliphatic rings. The number of nitrogens with one attached hydrogen (secondary N) is 2. The Balaban J connectivity index is 1.96. The Morgan fingerprint density at radius 1 is 1.24 bits per heavy atom. The highest BCUT2D eigenvalue weighted by Gasteiger charge is 2.08. The molecule has 0 fully saturated rings. The molecular formula is C14H13N5OS. The molecule has 0 spiro atoms. The van der Waals surface area contributed by atoms with Crippen molar-refractivity contribution in [1.29, 1.82) is 0 Å². The van der Waals surface area contributed by atoms with Gasteiger partial charge in [-0.05, 0) is 29.8 Å². The fourth-order valence-electron chi connectivity index (χ4n) is 1.89. The number of carbonyl (C=O) groups excluding carboxylic acids is 1. The summed E-state index contributed by atoms with van der Waals surface area (Å²) in [5, 5.41) is 5.74. The highest BCUT2D eigenvalue weighted by molar-refractivity contribution is 7.22. The first-order chi connectivity index (χ1) is 10.2. The molecule has 7 heteroatoms. The molecule has 0 saturated heterocycles. The van der Waals surface area contributed by atoms with Crippen molar-refractivity contribution in [1.82, 2.24) is 15.3 Å². The SMILES string of the molecule is CNC(=O)Nc1nc2ccc(-c3ccc(N)nc3)cc2s1. The van der Waals surface area contributed by atoms with Crippen LogP contribution in [0.15, 0.2) is 36.5 Å². The number of amides is 2. The number of nitrogen functional groups attached to an aromatic ring is 1. The van der Waals surface area contributed by atoms with Crippen molar-refractivity contribution in [3.05, 3.63) is 36.5 Å². The van der Waals surface area contributed by atoms with E-state index in [1.807, 2.05) is 24.3 Å². The van der Waals surface area contributed by atoms with Crippen molar-refractivity contribution < 1.29 is 4.79 Å². The number of hydrogen-bond acceptors (Lipinski definition) is 5. The van der Waals surface area contributed by atoms with E-state index in [9.17, 15) is 4.79 Å². The number of anilines is 2. The van der Waals surface area contributed by atoms with Gasteiger partial charge in [-0.2, -0.15) is 0 Å². The molecule has 0 bridgehead atoms. The largest absolute Gasteiger partial charge is 0.384 e. The van der Waals surface area contributed by atoms with Gasteiger partial charge in [-0.25, -0.2) is 14.8 Å². The van der Waals surface area contributed by atoms with Crippen LogP contribution in [0.4, 0.5) is 15.7 Å². The number of fused-ring (bicyclic) bond motifs is 1. The third-order valence-corrected chi connectivity index (χ3v) is 3.89. The maximum absolute atomic E-state index is 11.3. The van der Waals surface area contributed by atoms with E-state index in [1.54, 1.807) is 19.3 Å². The first-order valence-corrected chi connectivity index (χ1v) is 7.08. The lowest BCUT2D eigenvalue weighted by molar-refractivity contribution is 0.254. The minimum atomic E-state index is -0.281. The summed E-state index contributed by atoms with van der Waals surface area (Å²) in [7, 11) is 1.56. The lowest BCUT2D eigenvalue weighted by Crippen LogP contribution is -2.24. The molecule has 0 aliphatic carbocycles. The van der Waals surface area contributed by atoms with Crippen molar-refractivity contribution in [3.8, 4) is 11.1 Å². The Morgan fingerprint density at radius 2 is 2.05 bits per heavy atom. The van der Waals surface area contributed by atoms with E-state index < -0.39 is 0 Å². The van der Waals surface area contributed by atoms with Crippen LogP contribution in [-0.2, 0) is 0 Å². The molecule has 2 aromatic heterocycles. The third-order valence-electron chi connectivity index (χ3n) is 2.96. The smallest absolute Gasteiger partial charge is 0.320 e. The predicted molar refractivity (Wildman–Crippen MR) is 85.3 cm³/mol. The molecule has 3 rings (SSSR count). The molecule has 0 unspecified atom stereocenters. The predicted octanol–water partition coefficient (Wildman–Crippen LogP) is 2.69. The Morgan fingerprint density at radius 3 is 2.76 bits per heavy atom. The maximum atomic E-state index is 11.3. The number of nitrogens with two attached hydrogens (primary N) is 1. The molecule has 6 nitrogen and oxygen atoms in total. The molecule has 0 radical (unpaired) electrons. The summed E-state index contributed by atoms with van der Waals surface area (Å²) >= 11 is 1.42. The van der Waals surface area contributed by atoms with Gasteiger partial charge in [0.25, 0.3) is 0 Å². The van der Waals surface area contributed by atoms with Crippen molar-refractivity contribution >= 4 is 38.5 Å². The molecule has 106 valence electrons. The molecule has 2 heterocycles. The molecule has 4 N–H and O–H groups in total. The Hall–Kier alpha value is -2.67. The molecule has 0 atom stereocenters. The topological polar surface area (TPSA) is 92.9 Å². The maximum Gasteiger partial charge on any atom is 0.320 e. The molecule has 0 aliphatic heterocycles. The number of rotatable bonds is 2. The van der Waals surface area contributed by atoms with Gasteiger partial charge in [-0.1, -0.05) is 17.4 Å². The highest BCUT2D eigenvalue weighted by Crippen LogP contribution is 2.30. The van der Waals surface area contributed by atoms with E-state index in [0.29, 0.717) is 10.9 Å². The first-order valence-electron chi connectivity index (χ1n) is 6.27. The van der Waals surface area contributed by atoms with Gasteiger partial charge in [-0.15, -0.1) is 0 Å². The lowest BCUT2D eigenvalue weighted by atomic mass is 10.1. The van der Waals surface area contributed by atoms with Gasteiger partial charge in [0, 0.05) is 18.8 Å². The van der Waals surface area contributed by atoms with E-state index in [-0.39, 0.29) is 6.03 Å². The number of urea groups is 1. The van der Waals surface area contributed by atoms with Crippen LogP contribution >= 0.6 is 11.3 Å². The monoisotopic (exact) mass is 299 g/mol. The third kappa shape index (κ3) is 2.77. The van der Waals surface area contributed by atoms with E-state index >= 15 is 0 Å². The number of pyridine rings is 1. The number of benzene rings is 1. The standard InChI is InChI=1S/C14H13N5OS/c1-16-13(20)19-14-18-10-4-2-8(6-11(10)21-14)9-3-5-12(15)17-7-9/h2-7H,1H3,(H2,15,17)(H2,16,18,19,20). The second-order valence-corrected chi connectivity index (χ2v) is 5.41. The zero-order valence-corrected chi connectivity index (χ0v) is 12.1.